The third-order valence-electron chi connectivity index (χ3n) is 6.61. The largest absolute Gasteiger partial charge is 0.472 e. The van der Waals surface area contributed by atoms with Crippen molar-refractivity contribution in [2.75, 3.05) is 32.1 Å². The number of benzene rings is 2. The number of carbonyl (C=O) groups is 2. The number of aliphatic hydroxyl groups excluding tert-OH is 1. The topological polar surface area (TPSA) is 95.0 Å². The van der Waals surface area contributed by atoms with E-state index in [9.17, 15) is 23.5 Å². The van der Waals surface area contributed by atoms with Gasteiger partial charge in [0.2, 0.25) is 5.88 Å². The van der Waals surface area contributed by atoms with Gasteiger partial charge in [-0.1, -0.05) is 31.2 Å². The molecule has 3 aromatic rings. The lowest BCUT2D eigenvalue weighted by Gasteiger charge is -2.37. The van der Waals surface area contributed by atoms with E-state index in [2.05, 4.69) is 10.3 Å². The summed E-state index contributed by atoms with van der Waals surface area (Å²) in [5.74, 6) is -1.44. The Balaban J connectivity index is 1.63. The number of amides is 3. The van der Waals surface area contributed by atoms with Crippen LogP contribution in [0.3, 0.4) is 0 Å². The predicted octanol–water partition coefficient (Wildman–Crippen LogP) is 4.41. The predicted molar refractivity (Wildman–Crippen MR) is 139 cm³/mol. The number of para-hydroxylation sites is 1. The molecule has 0 saturated carbocycles. The summed E-state index contributed by atoms with van der Waals surface area (Å²) in [5, 5.41) is 12.4. The van der Waals surface area contributed by atoms with E-state index >= 15 is 0 Å². The second-order valence-electron chi connectivity index (χ2n) is 9.50. The monoisotopic (exact) mass is 524 g/mol. The first-order chi connectivity index (χ1) is 18.2. The summed E-state index contributed by atoms with van der Waals surface area (Å²) in [6, 6.07) is 12.3. The molecule has 2 heterocycles. The van der Waals surface area contributed by atoms with Gasteiger partial charge in [0.05, 0.1) is 24.9 Å². The number of fused-ring (bicyclic) bond motifs is 1. The molecule has 4 rings (SSSR count). The molecule has 1 aliphatic rings. The molecule has 1 aromatic heterocycles. The highest BCUT2D eigenvalue weighted by Crippen LogP contribution is 2.30. The molecule has 38 heavy (non-hydrogen) atoms. The van der Waals surface area contributed by atoms with Gasteiger partial charge in [-0.05, 0) is 42.8 Å². The first-order valence-electron chi connectivity index (χ1n) is 12.3. The number of hydrogen-bond acceptors (Lipinski definition) is 5. The first kappa shape index (κ1) is 27.0. The third-order valence-corrected chi connectivity index (χ3v) is 6.61. The Morgan fingerprint density at radius 2 is 1.92 bits per heavy atom. The average molecular weight is 525 g/mol. The molecule has 0 aliphatic carbocycles. The molecule has 8 nitrogen and oxygen atoms in total. The van der Waals surface area contributed by atoms with E-state index in [0.29, 0.717) is 11.1 Å². The molecule has 2 N–H and O–H groups in total. The number of urea groups is 1. The second kappa shape index (κ2) is 11.6. The maximum atomic E-state index is 14.0. The van der Waals surface area contributed by atoms with Crippen LogP contribution < -0.4 is 10.1 Å². The minimum absolute atomic E-state index is 0.0601. The van der Waals surface area contributed by atoms with Gasteiger partial charge in [0.25, 0.3) is 5.91 Å². The summed E-state index contributed by atoms with van der Waals surface area (Å²) < 4.78 is 33.7. The van der Waals surface area contributed by atoms with Crippen LogP contribution in [0.15, 0.2) is 60.8 Å². The molecule has 1 aliphatic heterocycles. The van der Waals surface area contributed by atoms with Crippen LogP contribution in [0.2, 0.25) is 0 Å². The minimum atomic E-state index is -0.573. The second-order valence-corrected chi connectivity index (χ2v) is 9.50. The smallest absolute Gasteiger partial charge is 0.321 e. The first-order valence-corrected chi connectivity index (χ1v) is 12.3. The van der Waals surface area contributed by atoms with Crippen LogP contribution in [-0.2, 0) is 0 Å². The van der Waals surface area contributed by atoms with Crippen LogP contribution >= 0.6 is 0 Å². The number of aromatic nitrogens is 1. The van der Waals surface area contributed by atoms with Gasteiger partial charge in [0, 0.05) is 31.3 Å². The lowest BCUT2D eigenvalue weighted by molar-refractivity contribution is 0.0356. The summed E-state index contributed by atoms with van der Waals surface area (Å²) in [6.07, 6.45) is 0.965. The molecular formula is C28H30F2N4O4. The number of nitrogens with zero attached hydrogens (tertiary/aromatic N) is 3. The molecule has 10 heteroatoms. The van der Waals surface area contributed by atoms with Gasteiger partial charge >= 0.3 is 6.03 Å². The van der Waals surface area contributed by atoms with Crippen molar-refractivity contribution < 1.29 is 28.2 Å². The Bertz CT molecular complexity index is 1300. The Morgan fingerprint density at radius 3 is 2.61 bits per heavy atom. The van der Waals surface area contributed by atoms with E-state index in [1.54, 1.807) is 43.1 Å². The molecule has 0 unspecified atom stereocenters. The molecule has 3 atom stereocenters. The number of aliphatic hydroxyl groups is 1. The molecule has 2 aromatic carbocycles. The van der Waals surface area contributed by atoms with Gasteiger partial charge in [-0.25, -0.2) is 18.6 Å². The molecule has 0 saturated heterocycles. The number of hydrogen-bond donors (Lipinski definition) is 2. The van der Waals surface area contributed by atoms with Crippen molar-refractivity contribution in [3.8, 4) is 17.0 Å². The fourth-order valence-electron chi connectivity index (χ4n) is 4.25. The molecule has 0 fully saturated rings. The number of carbonyl (C=O) groups excluding carboxylic acids is 2. The highest BCUT2D eigenvalue weighted by molar-refractivity contribution is 5.98. The molecule has 200 valence electrons. The third kappa shape index (κ3) is 5.91. The van der Waals surface area contributed by atoms with Crippen molar-refractivity contribution >= 4 is 17.6 Å². The Kier molecular flexibility index (Phi) is 8.21. The molecule has 0 bridgehead atoms. The maximum Gasteiger partial charge on any atom is 0.321 e. The number of ether oxygens (including phenoxy) is 1. The number of likely N-dealkylation sites (N-methyl/N-ethyl adjacent to an activating group) is 1. The summed E-state index contributed by atoms with van der Waals surface area (Å²) in [6.45, 7) is 3.77. The van der Waals surface area contributed by atoms with Crippen LogP contribution in [0.1, 0.15) is 24.2 Å². The van der Waals surface area contributed by atoms with Gasteiger partial charge in [0.15, 0.2) is 0 Å². The fraction of sp³-hybridized carbons (Fsp3) is 0.321. The van der Waals surface area contributed by atoms with Gasteiger partial charge in [-0.3, -0.25) is 4.79 Å². The fourth-order valence-corrected chi connectivity index (χ4v) is 4.25. The molecule has 0 radical (unpaired) electrons. The average Bonchev–Trinajstić information content (AvgIpc) is 2.91. The Hall–Kier alpha value is -4.05. The molecule has 0 spiro atoms. The summed E-state index contributed by atoms with van der Waals surface area (Å²) in [5.41, 5.74) is 1.53. The molecule has 3 amide bonds. The number of halogens is 2. The van der Waals surface area contributed by atoms with Gasteiger partial charge in [-0.15, -0.1) is 0 Å². The van der Waals surface area contributed by atoms with Crippen molar-refractivity contribution in [1.29, 1.82) is 0 Å². The van der Waals surface area contributed by atoms with Crippen LogP contribution in [0.5, 0.6) is 5.88 Å². The summed E-state index contributed by atoms with van der Waals surface area (Å²) in [7, 11) is 1.57. The van der Waals surface area contributed by atoms with Crippen molar-refractivity contribution in [2.24, 2.45) is 5.92 Å². The van der Waals surface area contributed by atoms with Gasteiger partial charge < -0.3 is 25.0 Å². The quantitative estimate of drug-likeness (QED) is 0.498. The van der Waals surface area contributed by atoms with E-state index in [1.807, 2.05) is 6.92 Å². The van der Waals surface area contributed by atoms with Gasteiger partial charge in [-0.2, -0.15) is 0 Å². The molecular weight excluding hydrogens is 494 g/mol. The van der Waals surface area contributed by atoms with Crippen LogP contribution in [0.4, 0.5) is 19.3 Å². The lowest BCUT2D eigenvalue weighted by Crippen LogP contribution is -2.50. The Labute approximate surface area is 219 Å². The number of pyridine rings is 1. The zero-order chi connectivity index (χ0) is 27.4. The van der Waals surface area contributed by atoms with Crippen molar-refractivity contribution in [3.63, 3.8) is 0 Å². The SMILES string of the molecule is C[C@H]1CN([C@@H](C)CO)C(=O)c2cc(-c3ccc(F)cc3)cnc2O[C@H]1CN(C)C(=O)Nc1ccccc1F. The van der Waals surface area contributed by atoms with E-state index < -0.39 is 24.0 Å². The van der Waals surface area contributed by atoms with Crippen LogP contribution in [0.25, 0.3) is 11.1 Å². The number of rotatable bonds is 6. The zero-order valence-corrected chi connectivity index (χ0v) is 21.4. The zero-order valence-electron chi connectivity index (χ0n) is 21.4. The highest BCUT2D eigenvalue weighted by atomic mass is 19.1. The minimum Gasteiger partial charge on any atom is -0.472 e. The van der Waals surface area contributed by atoms with E-state index in [4.69, 9.17) is 4.74 Å². The van der Waals surface area contributed by atoms with Crippen LogP contribution in [-0.4, -0.2) is 70.7 Å². The van der Waals surface area contributed by atoms with E-state index in [0.717, 1.165) is 0 Å². The standard InChI is InChI=1S/C28H30F2N4O4/c1-17-14-34(18(2)16-35)27(36)22-12-20(19-8-10-21(29)11-9-19)13-31-26(22)38-25(17)15-33(3)28(37)32-24-7-5-4-6-23(24)30/h4-13,17-18,25,35H,14-16H2,1-3H3,(H,32,37)/t17-,18-,25-/m0/s1. The van der Waals surface area contributed by atoms with E-state index in [-0.39, 0.29) is 54.5 Å². The lowest BCUT2D eigenvalue weighted by atomic mass is 9.99. The van der Waals surface area contributed by atoms with Crippen LogP contribution in [0, 0.1) is 17.6 Å². The van der Waals surface area contributed by atoms with E-state index in [1.165, 1.54) is 41.4 Å². The summed E-state index contributed by atoms with van der Waals surface area (Å²) >= 11 is 0. The maximum absolute atomic E-state index is 14.0. The number of anilines is 1. The Morgan fingerprint density at radius 1 is 1.21 bits per heavy atom. The van der Waals surface area contributed by atoms with Crippen molar-refractivity contribution in [1.82, 2.24) is 14.8 Å². The normalized spacial score (nSPS) is 18.1. The highest BCUT2D eigenvalue weighted by Gasteiger charge is 2.35. The van der Waals surface area contributed by atoms with Crippen molar-refractivity contribution in [3.05, 3.63) is 78.0 Å². The number of nitrogens with one attached hydrogen (secondary N) is 1. The van der Waals surface area contributed by atoms with Crippen molar-refractivity contribution in [2.45, 2.75) is 26.0 Å². The summed E-state index contributed by atoms with van der Waals surface area (Å²) in [4.78, 5) is 33.7. The van der Waals surface area contributed by atoms with Gasteiger partial charge in [0.1, 0.15) is 23.3 Å².